The third kappa shape index (κ3) is 8.63. The third-order valence-corrected chi connectivity index (χ3v) is 6.52. The molecule has 1 aromatic rings. The van der Waals surface area contributed by atoms with Gasteiger partial charge in [-0.2, -0.15) is 12.6 Å². The van der Waals surface area contributed by atoms with E-state index < -0.39 is 29.7 Å². The quantitative estimate of drug-likeness (QED) is 0.372. The molecule has 3 N–H and O–H groups in total. The SMILES string of the molecule is CCC(C)N(C(=O)C(CS)NC(=O)OC(C)(C)C)C(C(=O)NC1CCCCC1)c1cccc(O)c1. The fourth-order valence-corrected chi connectivity index (χ4v) is 4.52. The van der Waals surface area contributed by atoms with E-state index in [0.29, 0.717) is 12.0 Å². The van der Waals surface area contributed by atoms with E-state index in [2.05, 4.69) is 23.3 Å². The van der Waals surface area contributed by atoms with Crippen molar-refractivity contribution in [3.05, 3.63) is 29.8 Å². The zero-order valence-electron chi connectivity index (χ0n) is 21.5. The van der Waals surface area contributed by atoms with Crippen molar-refractivity contribution >= 4 is 30.5 Å². The number of aromatic hydroxyl groups is 1. The van der Waals surface area contributed by atoms with Crippen LogP contribution >= 0.6 is 12.6 Å². The fraction of sp³-hybridized carbons (Fsp3) is 0.654. The summed E-state index contributed by atoms with van der Waals surface area (Å²) in [7, 11) is 0. The Labute approximate surface area is 214 Å². The molecular weight excluding hydrogens is 466 g/mol. The van der Waals surface area contributed by atoms with E-state index in [1.807, 2.05) is 13.8 Å². The smallest absolute Gasteiger partial charge is 0.408 e. The normalized spacial score (nSPS) is 17.1. The number of nitrogens with zero attached hydrogens (tertiary/aromatic N) is 1. The van der Waals surface area contributed by atoms with Crippen LogP contribution in [0, 0.1) is 0 Å². The van der Waals surface area contributed by atoms with Gasteiger partial charge in [0.25, 0.3) is 0 Å². The molecule has 0 spiro atoms. The van der Waals surface area contributed by atoms with E-state index in [-0.39, 0.29) is 29.5 Å². The van der Waals surface area contributed by atoms with Crippen molar-refractivity contribution in [1.82, 2.24) is 15.5 Å². The van der Waals surface area contributed by atoms with Gasteiger partial charge >= 0.3 is 6.09 Å². The molecule has 1 aromatic carbocycles. The van der Waals surface area contributed by atoms with E-state index in [9.17, 15) is 19.5 Å². The van der Waals surface area contributed by atoms with E-state index in [1.165, 1.54) is 17.0 Å². The molecule has 0 saturated heterocycles. The van der Waals surface area contributed by atoms with Gasteiger partial charge in [-0.25, -0.2) is 4.79 Å². The van der Waals surface area contributed by atoms with Gasteiger partial charge in [0.1, 0.15) is 23.4 Å². The number of phenols is 1. The average molecular weight is 508 g/mol. The van der Waals surface area contributed by atoms with Crippen LogP contribution in [0.1, 0.15) is 84.7 Å². The number of rotatable bonds is 9. The van der Waals surface area contributed by atoms with Crippen molar-refractivity contribution in [2.24, 2.45) is 0 Å². The highest BCUT2D eigenvalue weighted by Gasteiger charge is 2.38. The molecule has 0 bridgehead atoms. The lowest BCUT2D eigenvalue weighted by Crippen LogP contribution is -2.56. The van der Waals surface area contributed by atoms with Gasteiger partial charge in [0, 0.05) is 17.8 Å². The van der Waals surface area contributed by atoms with Gasteiger partial charge in [-0.3, -0.25) is 9.59 Å². The molecule has 1 fully saturated rings. The molecule has 0 aromatic heterocycles. The second kappa shape index (κ2) is 13.0. The Balaban J connectivity index is 2.42. The summed E-state index contributed by atoms with van der Waals surface area (Å²) in [5.74, 6) is -0.701. The lowest BCUT2D eigenvalue weighted by Gasteiger charge is -2.39. The van der Waals surface area contributed by atoms with Gasteiger partial charge in [-0.05, 0) is 64.7 Å². The molecule has 1 aliphatic carbocycles. The Morgan fingerprint density at radius 3 is 2.40 bits per heavy atom. The number of thiol groups is 1. The van der Waals surface area contributed by atoms with Crippen molar-refractivity contribution in [2.75, 3.05) is 5.75 Å². The van der Waals surface area contributed by atoms with E-state index in [4.69, 9.17) is 4.74 Å². The molecule has 35 heavy (non-hydrogen) atoms. The molecule has 1 saturated carbocycles. The molecule has 3 atom stereocenters. The first-order valence-corrected chi connectivity index (χ1v) is 13.1. The number of hydrogen-bond donors (Lipinski definition) is 4. The largest absolute Gasteiger partial charge is 0.508 e. The fourth-order valence-electron chi connectivity index (χ4n) is 4.27. The molecule has 0 aliphatic heterocycles. The number of hydrogen-bond acceptors (Lipinski definition) is 6. The number of nitrogens with one attached hydrogen (secondary N) is 2. The van der Waals surface area contributed by atoms with Crippen LogP contribution in [-0.2, 0) is 14.3 Å². The Morgan fingerprint density at radius 1 is 1.20 bits per heavy atom. The van der Waals surface area contributed by atoms with E-state index in [1.54, 1.807) is 32.9 Å². The average Bonchev–Trinajstić information content (AvgIpc) is 2.79. The van der Waals surface area contributed by atoms with E-state index in [0.717, 1.165) is 32.1 Å². The van der Waals surface area contributed by atoms with Crippen LogP contribution in [0.5, 0.6) is 5.75 Å². The lowest BCUT2D eigenvalue weighted by molar-refractivity contribution is -0.145. The molecule has 3 unspecified atom stereocenters. The first kappa shape index (κ1) is 28.8. The number of amides is 3. The monoisotopic (exact) mass is 507 g/mol. The second-order valence-electron chi connectivity index (χ2n) is 10.2. The van der Waals surface area contributed by atoms with Crippen molar-refractivity contribution in [1.29, 1.82) is 0 Å². The van der Waals surface area contributed by atoms with Gasteiger partial charge in [0.15, 0.2) is 0 Å². The third-order valence-electron chi connectivity index (χ3n) is 6.16. The van der Waals surface area contributed by atoms with Crippen molar-refractivity contribution in [3.8, 4) is 5.75 Å². The molecular formula is C26H41N3O5S. The standard InChI is InChI=1S/C26H41N3O5S/c1-6-17(2)29(24(32)21(16-35)28-25(33)34-26(3,4)5)22(18-11-10-14-20(30)15-18)23(31)27-19-12-8-7-9-13-19/h10-11,14-15,17,19,21-22,30,35H,6-9,12-13,16H2,1-5H3,(H,27,31)(H,28,33). The van der Waals surface area contributed by atoms with Crippen LogP contribution in [0.3, 0.4) is 0 Å². The number of carbonyl (C=O) groups excluding carboxylic acids is 3. The maximum Gasteiger partial charge on any atom is 0.408 e. The van der Waals surface area contributed by atoms with Gasteiger partial charge in [0.2, 0.25) is 11.8 Å². The van der Waals surface area contributed by atoms with Crippen molar-refractivity contribution < 1.29 is 24.2 Å². The number of carbonyl (C=O) groups is 3. The summed E-state index contributed by atoms with van der Waals surface area (Å²) in [5.41, 5.74) is -0.226. The summed E-state index contributed by atoms with van der Waals surface area (Å²) in [6, 6.07) is 4.16. The first-order chi connectivity index (χ1) is 16.5. The maximum absolute atomic E-state index is 13.8. The molecule has 3 amide bonds. The van der Waals surface area contributed by atoms with Crippen LogP contribution in [0.2, 0.25) is 0 Å². The highest BCUT2D eigenvalue weighted by atomic mass is 32.1. The van der Waals surface area contributed by atoms with Crippen molar-refractivity contribution in [2.45, 2.75) is 103 Å². The topological polar surface area (TPSA) is 108 Å². The molecule has 9 heteroatoms. The predicted molar refractivity (Wildman–Crippen MR) is 139 cm³/mol. The number of alkyl carbamates (subject to hydrolysis) is 1. The molecule has 1 aliphatic rings. The Kier molecular flexibility index (Phi) is 10.7. The lowest BCUT2D eigenvalue weighted by atomic mass is 9.94. The maximum atomic E-state index is 13.8. The summed E-state index contributed by atoms with van der Waals surface area (Å²) < 4.78 is 5.33. The van der Waals surface area contributed by atoms with Crippen LogP contribution < -0.4 is 10.6 Å². The van der Waals surface area contributed by atoms with Crippen LogP contribution in [-0.4, -0.2) is 57.4 Å². The summed E-state index contributed by atoms with van der Waals surface area (Å²) in [5, 5.41) is 15.9. The number of phenolic OH excluding ortho intramolecular Hbond substituents is 1. The molecule has 0 heterocycles. The van der Waals surface area contributed by atoms with E-state index >= 15 is 0 Å². The first-order valence-electron chi connectivity index (χ1n) is 12.5. The molecule has 196 valence electrons. The predicted octanol–water partition coefficient (Wildman–Crippen LogP) is 4.33. The Morgan fingerprint density at radius 2 is 1.86 bits per heavy atom. The zero-order chi connectivity index (χ0) is 26.2. The molecule has 0 radical (unpaired) electrons. The Bertz CT molecular complexity index is 867. The summed E-state index contributed by atoms with van der Waals surface area (Å²) in [6.45, 7) is 9.01. The van der Waals surface area contributed by atoms with Crippen LogP contribution in [0.15, 0.2) is 24.3 Å². The van der Waals surface area contributed by atoms with Gasteiger partial charge < -0.3 is 25.4 Å². The Hall–Kier alpha value is -2.42. The summed E-state index contributed by atoms with van der Waals surface area (Å²) >= 11 is 4.30. The molecule has 2 rings (SSSR count). The summed E-state index contributed by atoms with van der Waals surface area (Å²) in [4.78, 5) is 41.5. The number of ether oxygens (including phenoxy) is 1. The molecule has 8 nitrogen and oxygen atoms in total. The van der Waals surface area contributed by atoms with Crippen molar-refractivity contribution in [3.63, 3.8) is 0 Å². The van der Waals surface area contributed by atoms with Gasteiger partial charge in [-0.1, -0.05) is 38.3 Å². The summed E-state index contributed by atoms with van der Waals surface area (Å²) in [6.07, 6.45) is 4.91. The zero-order valence-corrected chi connectivity index (χ0v) is 22.4. The number of benzene rings is 1. The highest BCUT2D eigenvalue weighted by molar-refractivity contribution is 7.80. The van der Waals surface area contributed by atoms with Gasteiger partial charge in [-0.15, -0.1) is 0 Å². The van der Waals surface area contributed by atoms with Crippen LogP contribution in [0.25, 0.3) is 0 Å². The second-order valence-corrected chi connectivity index (χ2v) is 10.6. The minimum absolute atomic E-state index is 0.00661. The van der Waals surface area contributed by atoms with Gasteiger partial charge in [0.05, 0.1) is 0 Å². The minimum Gasteiger partial charge on any atom is -0.508 e. The minimum atomic E-state index is -0.996. The van der Waals surface area contributed by atoms with Crippen LogP contribution in [0.4, 0.5) is 4.79 Å². The highest BCUT2D eigenvalue weighted by Crippen LogP contribution is 2.29.